The van der Waals surface area contributed by atoms with Crippen molar-refractivity contribution in [3.8, 4) is 0 Å². The van der Waals surface area contributed by atoms with Gasteiger partial charge in [0.2, 0.25) is 0 Å². The lowest BCUT2D eigenvalue weighted by atomic mass is 9.60. The van der Waals surface area contributed by atoms with Gasteiger partial charge in [-0.25, -0.2) is 13.6 Å². The van der Waals surface area contributed by atoms with E-state index >= 15 is 0 Å². The van der Waals surface area contributed by atoms with E-state index in [4.69, 9.17) is 0 Å². The standard InChI is InChI=1S/C28H40F2O2/c1-3-4-5-6-7-18-8-9-20-15-21(11-10-19(20)14-18)22-12-13-23-17-25(28(31)32-2)27(30)26(29)24(23)16-22/h17-22H,3-16H2,1-2H3. The van der Waals surface area contributed by atoms with Gasteiger partial charge in [0.15, 0.2) is 11.6 Å². The number of carbonyl (C=O) groups is 1. The summed E-state index contributed by atoms with van der Waals surface area (Å²) >= 11 is 0. The molecule has 2 nitrogen and oxygen atoms in total. The maximum atomic E-state index is 14.9. The fraction of sp³-hybridized carbons (Fsp3) is 0.750. The number of benzene rings is 1. The number of carbonyl (C=O) groups excluding carboxylic acids is 1. The molecule has 0 heterocycles. The summed E-state index contributed by atoms with van der Waals surface area (Å²) in [6.07, 6.45) is 17.3. The molecule has 0 radical (unpaired) electrons. The van der Waals surface area contributed by atoms with Crippen LogP contribution in [0.5, 0.6) is 0 Å². The molecule has 0 saturated heterocycles. The molecule has 1 aromatic carbocycles. The number of fused-ring (bicyclic) bond motifs is 2. The molecule has 4 heteroatoms. The molecule has 3 aliphatic carbocycles. The van der Waals surface area contributed by atoms with Gasteiger partial charge in [-0.3, -0.25) is 0 Å². The molecule has 0 aliphatic heterocycles. The van der Waals surface area contributed by atoms with E-state index in [1.807, 2.05) is 0 Å². The van der Waals surface area contributed by atoms with Crippen LogP contribution >= 0.6 is 0 Å². The van der Waals surface area contributed by atoms with E-state index < -0.39 is 17.6 Å². The zero-order valence-electron chi connectivity index (χ0n) is 19.9. The van der Waals surface area contributed by atoms with Gasteiger partial charge in [0.05, 0.1) is 12.7 Å². The van der Waals surface area contributed by atoms with Crippen LogP contribution in [0.1, 0.15) is 105 Å². The molecule has 32 heavy (non-hydrogen) atoms. The highest BCUT2D eigenvalue weighted by Gasteiger charge is 2.39. The van der Waals surface area contributed by atoms with Gasteiger partial charge in [-0.2, -0.15) is 0 Å². The van der Waals surface area contributed by atoms with Gasteiger partial charge >= 0.3 is 5.97 Å². The number of esters is 1. The summed E-state index contributed by atoms with van der Waals surface area (Å²) in [5.41, 5.74) is 1.02. The molecule has 0 amide bonds. The van der Waals surface area contributed by atoms with Crippen molar-refractivity contribution in [3.63, 3.8) is 0 Å². The van der Waals surface area contributed by atoms with Gasteiger partial charge in [0.25, 0.3) is 0 Å². The predicted octanol–water partition coefficient (Wildman–Crippen LogP) is 7.66. The van der Waals surface area contributed by atoms with E-state index in [9.17, 15) is 13.6 Å². The summed E-state index contributed by atoms with van der Waals surface area (Å²) in [5.74, 6) is 1.07. The number of rotatable bonds is 7. The Labute approximate surface area is 192 Å². The second kappa shape index (κ2) is 10.7. The van der Waals surface area contributed by atoms with Crippen molar-refractivity contribution >= 4 is 5.97 Å². The topological polar surface area (TPSA) is 26.3 Å². The average Bonchev–Trinajstić information content (AvgIpc) is 2.83. The SMILES string of the molecule is CCCCCCC1CCC2CC(C3CCc4cc(C(=O)OC)c(F)c(F)c4C3)CCC2C1. The van der Waals surface area contributed by atoms with E-state index in [-0.39, 0.29) is 5.56 Å². The van der Waals surface area contributed by atoms with Crippen molar-refractivity contribution in [1.29, 1.82) is 0 Å². The first-order valence-corrected chi connectivity index (χ1v) is 13.1. The average molecular weight is 447 g/mol. The first-order chi connectivity index (χ1) is 15.5. The van der Waals surface area contributed by atoms with Crippen molar-refractivity contribution in [1.82, 2.24) is 0 Å². The lowest BCUT2D eigenvalue weighted by Crippen LogP contribution is -2.35. The molecule has 3 aliphatic rings. The lowest BCUT2D eigenvalue weighted by Gasteiger charge is -2.45. The second-order valence-corrected chi connectivity index (χ2v) is 10.8. The minimum atomic E-state index is -1.04. The molecule has 2 saturated carbocycles. The van der Waals surface area contributed by atoms with E-state index in [1.54, 1.807) is 0 Å². The molecule has 5 unspecified atom stereocenters. The third-order valence-electron chi connectivity index (χ3n) is 8.95. The summed E-state index contributed by atoms with van der Waals surface area (Å²) in [7, 11) is 1.20. The van der Waals surface area contributed by atoms with Gasteiger partial charge in [-0.15, -0.1) is 0 Å². The Bertz CT molecular complexity index is 805. The van der Waals surface area contributed by atoms with Crippen LogP contribution in [0.3, 0.4) is 0 Å². The van der Waals surface area contributed by atoms with Crippen molar-refractivity contribution in [2.45, 2.75) is 96.8 Å². The Balaban J connectivity index is 1.35. The fourth-order valence-corrected chi connectivity index (χ4v) is 7.10. The monoisotopic (exact) mass is 446 g/mol. The molecular formula is C28H40F2O2. The van der Waals surface area contributed by atoms with E-state index in [0.717, 1.165) is 36.2 Å². The highest BCUT2D eigenvalue weighted by Crippen LogP contribution is 2.49. The van der Waals surface area contributed by atoms with E-state index in [1.165, 1.54) is 83.8 Å². The molecule has 5 atom stereocenters. The van der Waals surface area contributed by atoms with Crippen LogP contribution < -0.4 is 0 Å². The maximum Gasteiger partial charge on any atom is 0.340 e. The van der Waals surface area contributed by atoms with Crippen LogP contribution in [-0.4, -0.2) is 13.1 Å². The maximum absolute atomic E-state index is 14.9. The highest BCUT2D eigenvalue weighted by molar-refractivity contribution is 5.90. The summed E-state index contributed by atoms with van der Waals surface area (Å²) in [5, 5.41) is 0. The number of aryl methyl sites for hydroxylation is 1. The number of hydrogen-bond acceptors (Lipinski definition) is 2. The minimum Gasteiger partial charge on any atom is -0.465 e. The molecule has 1 aromatic rings. The Kier molecular flexibility index (Phi) is 7.89. The van der Waals surface area contributed by atoms with Crippen LogP contribution in [0.2, 0.25) is 0 Å². The number of ether oxygens (including phenoxy) is 1. The molecule has 2 fully saturated rings. The van der Waals surface area contributed by atoms with Crippen LogP contribution in [0.15, 0.2) is 6.07 Å². The van der Waals surface area contributed by atoms with Crippen molar-refractivity contribution in [2.75, 3.05) is 7.11 Å². The minimum absolute atomic E-state index is 0.269. The Morgan fingerprint density at radius 2 is 1.66 bits per heavy atom. The van der Waals surface area contributed by atoms with Gasteiger partial charge in [-0.1, -0.05) is 45.4 Å². The summed E-state index contributed by atoms with van der Waals surface area (Å²) in [6.45, 7) is 2.28. The smallest absolute Gasteiger partial charge is 0.340 e. The predicted molar refractivity (Wildman–Crippen MR) is 124 cm³/mol. The summed E-state index contributed by atoms with van der Waals surface area (Å²) in [6, 6.07) is 1.52. The number of methoxy groups -OCH3 is 1. The Morgan fingerprint density at radius 1 is 0.938 bits per heavy atom. The Hall–Kier alpha value is -1.45. The van der Waals surface area contributed by atoms with Crippen LogP contribution in [-0.2, 0) is 17.6 Å². The summed E-state index contributed by atoms with van der Waals surface area (Å²) < 4.78 is 34.0. The first kappa shape index (κ1) is 23.7. The van der Waals surface area contributed by atoms with Crippen LogP contribution in [0, 0.1) is 41.2 Å². The molecule has 0 bridgehead atoms. The largest absolute Gasteiger partial charge is 0.465 e. The molecular weight excluding hydrogens is 406 g/mol. The van der Waals surface area contributed by atoms with E-state index in [0.29, 0.717) is 23.8 Å². The van der Waals surface area contributed by atoms with Crippen LogP contribution in [0.25, 0.3) is 0 Å². The molecule has 4 rings (SSSR count). The number of hydrogen-bond donors (Lipinski definition) is 0. The second-order valence-electron chi connectivity index (χ2n) is 10.8. The van der Waals surface area contributed by atoms with Crippen molar-refractivity contribution < 1.29 is 18.3 Å². The Morgan fingerprint density at radius 3 is 2.41 bits per heavy atom. The zero-order chi connectivity index (χ0) is 22.7. The number of halogens is 2. The first-order valence-electron chi connectivity index (χ1n) is 13.1. The van der Waals surface area contributed by atoms with Crippen LogP contribution in [0.4, 0.5) is 8.78 Å². The molecule has 0 N–H and O–H groups in total. The normalized spacial score (nSPS) is 29.8. The zero-order valence-corrected chi connectivity index (χ0v) is 19.9. The van der Waals surface area contributed by atoms with E-state index in [2.05, 4.69) is 11.7 Å². The van der Waals surface area contributed by atoms with Crippen molar-refractivity contribution in [3.05, 3.63) is 34.4 Å². The van der Waals surface area contributed by atoms with Gasteiger partial charge in [0, 0.05) is 0 Å². The van der Waals surface area contributed by atoms with Gasteiger partial charge < -0.3 is 4.74 Å². The van der Waals surface area contributed by atoms with Crippen molar-refractivity contribution in [2.24, 2.45) is 29.6 Å². The molecule has 0 aromatic heterocycles. The molecule has 178 valence electrons. The number of unbranched alkanes of at least 4 members (excludes halogenated alkanes) is 3. The third kappa shape index (κ3) is 5.04. The third-order valence-corrected chi connectivity index (χ3v) is 8.95. The molecule has 0 spiro atoms. The fourth-order valence-electron chi connectivity index (χ4n) is 7.10. The van der Waals surface area contributed by atoms with Gasteiger partial charge in [-0.05, 0) is 98.1 Å². The quantitative estimate of drug-likeness (QED) is 0.317. The summed E-state index contributed by atoms with van der Waals surface area (Å²) in [4.78, 5) is 11.8. The highest BCUT2D eigenvalue weighted by atomic mass is 19.2. The van der Waals surface area contributed by atoms with Gasteiger partial charge in [0.1, 0.15) is 0 Å². The lowest BCUT2D eigenvalue weighted by molar-refractivity contribution is 0.0593.